The monoisotopic (exact) mass is 331 g/mol. The molecule has 1 saturated heterocycles. The number of amides is 2. The molecule has 1 aliphatic heterocycles. The first kappa shape index (κ1) is 16.2. The second-order valence-electron chi connectivity index (χ2n) is 5.94. The van der Waals surface area contributed by atoms with Crippen LogP contribution in [0, 0.1) is 18.7 Å². The third kappa shape index (κ3) is 3.02. The van der Waals surface area contributed by atoms with Crippen LogP contribution in [0.4, 0.5) is 4.39 Å². The summed E-state index contributed by atoms with van der Waals surface area (Å²) in [6.45, 7) is 2.59. The number of hydrogen-bond donors (Lipinski definition) is 1. The van der Waals surface area contributed by atoms with Crippen molar-refractivity contribution in [2.45, 2.75) is 19.8 Å². The lowest BCUT2D eigenvalue weighted by Crippen LogP contribution is -2.42. The average molecular weight is 331 g/mol. The Bertz CT molecular complexity index is 762. The van der Waals surface area contributed by atoms with Gasteiger partial charge < -0.3 is 15.2 Å². The van der Waals surface area contributed by atoms with Gasteiger partial charge in [-0.2, -0.15) is 0 Å². The molecular weight excluding hydrogens is 313 g/mol. The number of carbonyl (C=O) groups excluding carboxylic acids is 2. The maximum absolute atomic E-state index is 13.1. The number of rotatable bonds is 3. The number of aryl methyl sites for hydroxylation is 1. The molecule has 6 nitrogen and oxygen atoms in total. The van der Waals surface area contributed by atoms with Gasteiger partial charge in [-0.3, -0.25) is 9.59 Å². The Morgan fingerprint density at radius 2 is 1.88 bits per heavy atom. The molecule has 1 aliphatic rings. The van der Waals surface area contributed by atoms with Gasteiger partial charge >= 0.3 is 0 Å². The van der Waals surface area contributed by atoms with Gasteiger partial charge in [0.15, 0.2) is 0 Å². The van der Waals surface area contributed by atoms with Gasteiger partial charge in [0.1, 0.15) is 22.8 Å². The fourth-order valence-electron chi connectivity index (χ4n) is 2.95. The Hall–Kier alpha value is -2.70. The van der Waals surface area contributed by atoms with Crippen LogP contribution >= 0.6 is 0 Å². The van der Waals surface area contributed by atoms with E-state index in [1.54, 1.807) is 24.0 Å². The van der Waals surface area contributed by atoms with Crippen molar-refractivity contribution in [2.24, 2.45) is 11.7 Å². The molecule has 2 aromatic rings. The number of carbonyl (C=O) groups is 2. The molecule has 2 N–H and O–H groups in total. The number of halogens is 1. The summed E-state index contributed by atoms with van der Waals surface area (Å²) in [5.74, 6) is -0.655. The second-order valence-corrected chi connectivity index (χ2v) is 5.94. The Kier molecular flexibility index (Phi) is 4.33. The van der Waals surface area contributed by atoms with Crippen LogP contribution in [0.2, 0.25) is 0 Å². The van der Waals surface area contributed by atoms with Crippen molar-refractivity contribution < 1.29 is 18.5 Å². The molecule has 0 saturated carbocycles. The lowest BCUT2D eigenvalue weighted by Gasteiger charge is -2.30. The molecule has 24 heavy (non-hydrogen) atoms. The zero-order valence-electron chi connectivity index (χ0n) is 13.3. The molecule has 0 aliphatic carbocycles. The molecule has 0 radical (unpaired) electrons. The molecule has 0 unspecified atom stereocenters. The number of piperidine rings is 1. The first-order valence-electron chi connectivity index (χ1n) is 7.78. The van der Waals surface area contributed by atoms with Crippen LogP contribution in [0.3, 0.4) is 0 Å². The fraction of sp³-hybridized carbons (Fsp3) is 0.353. The van der Waals surface area contributed by atoms with Gasteiger partial charge in [0, 0.05) is 24.6 Å². The molecule has 3 rings (SSSR count). The smallest absolute Gasteiger partial charge is 0.259 e. The summed E-state index contributed by atoms with van der Waals surface area (Å²) in [5.41, 5.74) is 6.71. The van der Waals surface area contributed by atoms with Gasteiger partial charge in [0.2, 0.25) is 5.91 Å². The van der Waals surface area contributed by atoms with E-state index in [0.717, 1.165) is 0 Å². The first-order valence-corrected chi connectivity index (χ1v) is 7.78. The SMILES string of the molecule is Cc1onc(-c2ccc(F)cc2)c1C(=O)N1CCC(C(N)=O)CC1. The third-order valence-electron chi connectivity index (χ3n) is 4.38. The molecule has 0 spiro atoms. The summed E-state index contributed by atoms with van der Waals surface area (Å²) in [6.07, 6.45) is 1.11. The minimum Gasteiger partial charge on any atom is -0.369 e. The van der Waals surface area contributed by atoms with E-state index in [4.69, 9.17) is 10.3 Å². The minimum absolute atomic E-state index is 0.186. The highest BCUT2D eigenvalue weighted by Gasteiger charge is 2.30. The molecule has 1 fully saturated rings. The third-order valence-corrected chi connectivity index (χ3v) is 4.38. The summed E-state index contributed by atoms with van der Waals surface area (Å²) < 4.78 is 18.3. The molecule has 0 atom stereocenters. The van der Waals surface area contributed by atoms with Crippen molar-refractivity contribution in [3.63, 3.8) is 0 Å². The molecule has 7 heteroatoms. The standard InChI is InChI=1S/C17H18FN3O3/c1-10-14(15(20-24-10)11-2-4-13(18)5-3-11)17(23)21-8-6-12(7-9-21)16(19)22/h2-5,12H,6-9H2,1H3,(H2,19,22). The van der Waals surface area contributed by atoms with E-state index >= 15 is 0 Å². The van der Waals surface area contributed by atoms with E-state index in [0.29, 0.717) is 48.5 Å². The van der Waals surface area contributed by atoms with Crippen LogP contribution in [0.25, 0.3) is 11.3 Å². The van der Waals surface area contributed by atoms with Crippen LogP contribution in [0.5, 0.6) is 0 Å². The van der Waals surface area contributed by atoms with Gasteiger partial charge in [0.05, 0.1) is 0 Å². The summed E-state index contributed by atoms with van der Waals surface area (Å²) in [5, 5.41) is 3.96. The van der Waals surface area contributed by atoms with E-state index < -0.39 is 0 Å². The van der Waals surface area contributed by atoms with Gasteiger partial charge in [-0.1, -0.05) is 5.16 Å². The topological polar surface area (TPSA) is 89.4 Å². The van der Waals surface area contributed by atoms with Gasteiger partial charge in [-0.25, -0.2) is 4.39 Å². The van der Waals surface area contributed by atoms with E-state index in [1.165, 1.54) is 12.1 Å². The maximum Gasteiger partial charge on any atom is 0.259 e. The van der Waals surface area contributed by atoms with Crippen LogP contribution < -0.4 is 5.73 Å². The molecule has 2 heterocycles. The second kappa shape index (κ2) is 6.43. The van der Waals surface area contributed by atoms with Crippen LogP contribution in [-0.4, -0.2) is 35.0 Å². The normalized spacial score (nSPS) is 15.5. The number of nitrogens with zero attached hydrogens (tertiary/aromatic N) is 2. The average Bonchev–Trinajstić information content (AvgIpc) is 2.96. The Morgan fingerprint density at radius 3 is 2.46 bits per heavy atom. The number of nitrogens with two attached hydrogens (primary N) is 1. The molecule has 2 amide bonds. The van der Waals surface area contributed by atoms with Crippen LogP contribution in [0.15, 0.2) is 28.8 Å². The minimum atomic E-state index is -0.361. The molecular formula is C17H18FN3O3. The highest BCUT2D eigenvalue weighted by molar-refractivity contribution is 6.00. The number of primary amides is 1. The number of hydrogen-bond acceptors (Lipinski definition) is 4. The van der Waals surface area contributed by atoms with E-state index in [2.05, 4.69) is 5.16 Å². The lowest BCUT2D eigenvalue weighted by atomic mass is 9.95. The van der Waals surface area contributed by atoms with Crippen molar-refractivity contribution in [1.82, 2.24) is 10.1 Å². The fourth-order valence-corrected chi connectivity index (χ4v) is 2.95. The quantitative estimate of drug-likeness (QED) is 0.933. The molecule has 0 bridgehead atoms. The summed E-state index contributed by atoms with van der Waals surface area (Å²) in [4.78, 5) is 25.8. The first-order chi connectivity index (χ1) is 11.5. The van der Waals surface area contributed by atoms with Gasteiger partial charge in [0.25, 0.3) is 5.91 Å². The number of likely N-dealkylation sites (tertiary alicyclic amines) is 1. The largest absolute Gasteiger partial charge is 0.369 e. The lowest BCUT2D eigenvalue weighted by molar-refractivity contribution is -0.123. The van der Waals surface area contributed by atoms with Crippen molar-refractivity contribution >= 4 is 11.8 Å². The predicted octanol–water partition coefficient (Wildman–Crippen LogP) is 2.13. The van der Waals surface area contributed by atoms with Crippen molar-refractivity contribution in [3.05, 3.63) is 41.4 Å². The molecule has 1 aromatic heterocycles. The van der Waals surface area contributed by atoms with Gasteiger partial charge in [-0.05, 0) is 44.0 Å². The zero-order valence-corrected chi connectivity index (χ0v) is 13.3. The molecule has 126 valence electrons. The van der Waals surface area contributed by atoms with Gasteiger partial charge in [-0.15, -0.1) is 0 Å². The van der Waals surface area contributed by atoms with Crippen molar-refractivity contribution in [2.75, 3.05) is 13.1 Å². The maximum atomic E-state index is 13.1. The van der Waals surface area contributed by atoms with Crippen molar-refractivity contribution in [3.8, 4) is 11.3 Å². The summed E-state index contributed by atoms with van der Waals surface area (Å²) in [7, 11) is 0. The van der Waals surface area contributed by atoms with E-state index in [9.17, 15) is 14.0 Å². The highest BCUT2D eigenvalue weighted by atomic mass is 19.1. The molecule has 1 aromatic carbocycles. The Morgan fingerprint density at radius 1 is 1.25 bits per heavy atom. The number of benzene rings is 1. The highest BCUT2D eigenvalue weighted by Crippen LogP contribution is 2.28. The van der Waals surface area contributed by atoms with E-state index in [1.807, 2.05) is 0 Å². The number of aromatic nitrogens is 1. The summed E-state index contributed by atoms with van der Waals surface area (Å²) >= 11 is 0. The predicted molar refractivity (Wildman–Crippen MR) is 84.5 cm³/mol. The van der Waals surface area contributed by atoms with Crippen molar-refractivity contribution in [1.29, 1.82) is 0 Å². The van der Waals surface area contributed by atoms with Crippen LogP contribution in [-0.2, 0) is 4.79 Å². The summed E-state index contributed by atoms with van der Waals surface area (Å²) in [6, 6.07) is 5.74. The van der Waals surface area contributed by atoms with E-state index in [-0.39, 0.29) is 23.5 Å². The Balaban J connectivity index is 1.85. The Labute approximate surface area is 138 Å². The zero-order chi connectivity index (χ0) is 17.3. The van der Waals surface area contributed by atoms with Crippen LogP contribution in [0.1, 0.15) is 29.0 Å².